The monoisotopic (exact) mass is 160 g/mol. The van der Waals surface area contributed by atoms with E-state index in [0.29, 0.717) is 6.54 Å². The van der Waals surface area contributed by atoms with Crippen LogP contribution in [0.15, 0.2) is 17.1 Å². The van der Waals surface area contributed by atoms with Gasteiger partial charge >= 0.3 is 0 Å². The third-order valence-corrected chi connectivity index (χ3v) is 1.20. The molecule has 56 valence electrons. The summed E-state index contributed by atoms with van der Waals surface area (Å²) in [6.45, 7) is 0.506. The molecule has 0 saturated heterocycles. The smallest absolute Gasteiger partial charge is 0.226 e. The van der Waals surface area contributed by atoms with Crippen molar-refractivity contribution in [3.05, 3.63) is 12.2 Å². The molecule has 0 aromatic heterocycles. The van der Waals surface area contributed by atoms with Crippen molar-refractivity contribution >= 4 is 24.5 Å². The molecule has 4 heteroatoms. The number of carbonyl (C=O) groups is 1. The summed E-state index contributed by atoms with van der Waals surface area (Å²) in [5, 5.41) is 0. The first-order valence-corrected chi connectivity index (χ1v) is 2.76. The van der Waals surface area contributed by atoms with Gasteiger partial charge in [-0.1, -0.05) is 6.08 Å². The average Bonchev–Trinajstić information content (AvgIpc) is 1.90. The molecule has 0 aromatic rings. The summed E-state index contributed by atoms with van der Waals surface area (Å²) < 4.78 is 0. The maximum atomic E-state index is 10.5. The van der Waals surface area contributed by atoms with Gasteiger partial charge < -0.3 is 5.73 Å². The quantitative estimate of drug-likeness (QED) is 0.584. The van der Waals surface area contributed by atoms with E-state index in [9.17, 15) is 4.79 Å². The Kier molecular flexibility index (Phi) is 3.72. The Hall–Kier alpha value is -0.830. The molecule has 0 aliphatic carbocycles. The third kappa shape index (κ3) is 2.19. The van der Waals surface area contributed by atoms with Crippen LogP contribution in [0.1, 0.15) is 0 Å². The lowest BCUT2D eigenvalue weighted by Crippen LogP contribution is -2.24. The number of halogens is 1. The molecule has 1 atom stereocenters. The highest BCUT2D eigenvalue weighted by molar-refractivity contribution is 5.85. The third-order valence-electron chi connectivity index (χ3n) is 1.20. The van der Waals surface area contributed by atoms with Crippen LogP contribution in [0, 0.1) is 5.92 Å². The van der Waals surface area contributed by atoms with Gasteiger partial charge in [0, 0.05) is 6.21 Å². The Bertz CT molecular complexity index is 177. The molecule has 1 rings (SSSR count). The van der Waals surface area contributed by atoms with Crippen LogP contribution in [0.5, 0.6) is 0 Å². The molecule has 3 nitrogen and oxygen atoms in total. The van der Waals surface area contributed by atoms with Gasteiger partial charge in [-0.15, -0.1) is 12.4 Å². The molecule has 2 N–H and O–H groups in total. The molecule has 1 heterocycles. The minimum atomic E-state index is -0.303. The number of carbonyl (C=O) groups excluding carboxylic acids is 1. The van der Waals surface area contributed by atoms with E-state index in [4.69, 9.17) is 5.73 Å². The van der Waals surface area contributed by atoms with E-state index in [0.717, 1.165) is 0 Å². The van der Waals surface area contributed by atoms with E-state index in [1.165, 1.54) is 0 Å². The van der Waals surface area contributed by atoms with Crippen LogP contribution >= 0.6 is 12.4 Å². The number of dihydropyridines is 1. The fraction of sp³-hybridized carbons (Fsp3) is 0.333. The highest BCUT2D eigenvalue weighted by Crippen LogP contribution is 2.01. The Morgan fingerprint density at radius 3 is 2.70 bits per heavy atom. The van der Waals surface area contributed by atoms with Crippen molar-refractivity contribution < 1.29 is 4.79 Å². The molecule has 0 aromatic carbocycles. The number of amides is 1. The fourth-order valence-electron chi connectivity index (χ4n) is 0.665. The van der Waals surface area contributed by atoms with Crippen molar-refractivity contribution in [1.82, 2.24) is 0 Å². The summed E-state index contributed by atoms with van der Waals surface area (Å²) in [4.78, 5) is 14.3. The topological polar surface area (TPSA) is 55.5 Å². The largest absolute Gasteiger partial charge is 0.369 e. The zero-order chi connectivity index (χ0) is 6.69. The number of nitrogens with two attached hydrogens (primary N) is 1. The van der Waals surface area contributed by atoms with Crippen LogP contribution in [0.4, 0.5) is 0 Å². The number of hydrogen-bond donors (Lipinski definition) is 1. The van der Waals surface area contributed by atoms with Crippen LogP contribution in [-0.2, 0) is 4.79 Å². The van der Waals surface area contributed by atoms with Crippen LogP contribution in [0.2, 0.25) is 0 Å². The van der Waals surface area contributed by atoms with Crippen molar-refractivity contribution in [1.29, 1.82) is 0 Å². The maximum absolute atomic E-state index is 10.5. The molecule has 0 bridgehead atoms. The van der Waals surface area contributed by atoms with Crippen molar-refractivity contribution in [3.8, 4) is 0 Å². The Labute approximate surface area is 65.4 Å². The molecular weight excluding hydrogens is 152 g/mol. The lowest BCUT2D eigenvalue weighted by Gasteiger charge is -2.05. The van der Waals surface area contributed by atoms with E-state index in [2.05, 4.69) is 4.99 Å². The number of primary amides is 1. The first-order valence-electron chi connectivity index (χ1n) is 2.76. The lowest BCUT2D eigenvalue weighted by molar-refractivity contribution is -0.120. The van der Waals surface area contributed by atoms with Gasteiger partial charge in [-0.25, -0.2) is 0 Å². The van der Waals surface area contributed by atoms with Gasteiger partial charge in [0.05, 0.1) is 12.5 Å². The zero-order valence-corrected chi connectivity index (χ0v) is 6.17. The zero-order valence-electron chi connectivity index (χ0n) is 5.36. The summed E-state index contributed by atoms with van der Waals surface area (Å²) in [5.74, 6) is -0.488. The van der Waals surface area contributed by atoms with Gasteiger partial charge in [-0.3, -0.25) is 9.79 Å². The number of allylic oxidation sites excluding steroid dienone is 1. The second kappa shape index (κ2) is 4.06. The fourth-order valence-corrected chi connectivity index (χ4v) is 0.665. The first-order chi connectivity index (χ1) is 4.30. The van der Waals surface area contributed by atoms with Gasteiger partial charge in [-0.2, -0.15) is 0 Å². The van der Waals surface area contributed by atoms with Crippen LogP contribution in [0.3, 0.4) is 0 Å². The van der Waals surface area contributed by atoms with Gasteiger partial charge in [0.2, 0.25) is 5.91 Å². The van der Waals surface area contributed by atoms with E-state index >= 15 is 0 Å². The Morgan fingerprint density at radius 2 is 2.40 bits per heavy atom. The molecule has 1 unspecified atom stereocenters. The van der Waals surface area contributed by atoms with Gasteiger partial charge in [0.15, 0.2) is 0 Å². The van der Waals surface area contributed by atoms with Crippen molar-refractivity contribution in [2.24, 2.45) is 16.6 Å². The van der Waals surface area contributed by atoms with E-state index in [1.807, 2.05) is 0 Å². The minimum absolute atomic E-state index is 0. The summed E-state index contributed by atoms with van der Waals surface area (Å²) in [5.41, 5.74) is 5.00. The first kappa shape index (κ1) is 9.17. The number of rotatable bonds is 1. The summed E-state index contributed by atoms with van der Waals surface area (Å²) in [6.07, 6.45) is 5.16. The predicted molar refractivity (Wildman–Crippen MR) is 42.4 cm³/mol. The highest BCUT2D eigenvalue weighted by Gasteiger charge is 2.10. The molecule has 1 aliphatic rings. The molecule has 0 saturated carbocycles. The van der Waals surface area contributed by atoms with Crippen LogP contribution < -0.4 is 5.73 Å². The molecule has 1 aliphatic heterocycles. The molecule has 0 fully saturated rings. The van der Waals surface area contributed by atoms with E-state index in [-0.39, 0.29) is 24.2 Å². The number of hydrogen-bond acceptors (Lipinski definition) is 2. The van der Waals surface area contributed by atoms with E-state index in [1.54, 1.807) is 18.4 Å². The highest BCUT2D eigenvalue weighted by atomic mass is 35.5. The molecule has 10 heavy (non-hydrogen) atoms. The molecule has 0 spiro atoms. The van der Waals surface area contributed by atoms with Crippen molar-refractivity contribution in [2.75, 3.05) is 6.54 Å². The SMILES string of the molecule is Cl.NC(=O)C1C=CC=NC1. The van der Waals surface area contributed by atoms with Crippen LogP contribution in [0.25, 0.3) is 0 Å². The Balaban J connectivity index is 0.000000810. The van der Waals surface area contributed by atoms with Crippen molar-refractivity contribution in [2.45, 2.75) is 0 Å². The molecule has 0 radical (unpaired) electrons. The summed E-state index contributed by atoms with van der Waals surface area (Å²) in [6, 6.07) is 0. The lowest BCUT2D eigenvalue weighted by atomic mass is 10.1. The van der Waals surface area contributed by atoms with Gasteiger partial charge in [-0.05, 0) is 6.08 Å². The van der Waals surface area contributed by atoms with Gasteiger partial charge in [0.25, 0.3) is 0 Å². The van der Waals surface area contributed by atoms with Crippen molar-refractivity contribution in [3.63, 3.8) is 0 Å². The standard InChI is InChI=1S/C6H8N2O.ClH/c7-6(9)5-2-1-3-8-4-5;/h1-3,5H,4H2,(H2,7,9);1H. The average molecular weight is 161 g/mol. The number of nitrogens with zero attached hydrogens (tertiary/aromatic N) is 1. The minimum Gasteiger partial charge on any atom is -0.369 e. The molecular formula is C6H9ClN2O. The summed E-state index contributed by atoms with van der Waals surface area (Å²) >= 11 is 0. The van der Waals surface area contributed by atoms with E-state index < -0.39 is 0 Å². The normalized spacial score (nSPS) is 21.8. The van der Waals surface area contributed by atoms with Gasteiger partial charge in [0.1, 0.15) is 0 Å². The number of aliphatic imine (C=N–C) groups is 1. The van der Waals surface area contributed by atoms with Crippen LogP contribution in [-0.4, -0.2) is 18.7 Å². The Morgan fingerprint density at radius 1 is 1.70 bits per heavy atom. The predicted octanol–water partition coefficient (Wildman–Crippen LogP) is 0.150. The maximum Gasteiger partial charge on any atom is 0.226 e. The second-order valence-electron chi connectivity index (χ2n) is 1.91. The summed E-state index contributed by atoms with van der Waals surface area (Å²) in [7, 11) is 0. The molecule has 1 amide bonds. The second-order valence-corrected chi connectivity index (χ2v) is 1.91.